The van der Waals surface area contributed by atoms with E-state index in [1.165, 1.54) is 0 Å². The second-order valence-corrected chi connectivity index (χ2v) is 7.90. The summed E-state index contributed by atoms with van der Waals surface area (Å²) in [5.74, 6) is 1.40. The maximum Gasteiger partial charge on any atom is 0.257 e. The highest BCUT2D eigenvalue weighted by atomic mass is 79.9. The maximum atomic E-state index is 13.1. The fourth-order valence-corrected chi connectivity index (χ4v) is 3.39. The van der Waals surface area contributed by atoms with Crippen LogP contribution in [0.15, 0.2) is 22.7 Å². The van der Waals surface area contributed by atoms with Crippen LogP contribution >= 0.6 is 15.9 Å². The minimum atomic E-state index is -0.0918. The predicted molar refractivity (Wildman–Crippen MR) is 117 cm³/mol. The van der Waals surface area contributed by atoms with E-state index in [9.17, 15) is 4.79 Å². The number of carbonyl (C=O) groups excluding carboxylic acids is 1. The molecule has 0 aliphatic carbocycles. The third kappa shape index (κ3) is 5.22. The first-order valence-corrected chi connectivity index (χ1v) is 10.4. The zero-order valence-corrected chi connectivity index (χ0v) is 18.8. The van der Waals surface area contributed by atoms with Crippen molar-refractivity contribution in [1.29, 1.82) is 0 Å². The van der Waals surface area contributed by atoms with Gasteiger partial charge in [-0.1, -0.05) is 13.8 Å². The van der Waals surface area contributed by atoms with Gasteiger partial charge in [0.25, 0.3) is 5.91 Å². The first-order chi connectivity index (χ1) is 13.3. The number of aryl methyl sites for hydroxylation is 1. The van der Waals surface area contributed by atoms with Crippen LogP contribution in [-0.4, -0.2) is 40.5 Å². The smallest absolute Gasteiger partial charge is 0.257 e. The number of rotatable bonds is 8. The number of nitrogens with two attached hydrogens (primary N) is 1. The summed E-state index contributed by atoms with van der Waals surface area (Å²) >= 11 is 3.57. The molecule has 2 aromatic rings. The zero-order valence-electron chi connectivity index (χ0n) is 17.3. The fourth-order valence-electron chi connectivity index (χ4n) is 2.90. The monoisotopic (exact) mass is 448 g/mol. The normalized spacial score (nSPS) is 11.0. The second kappa shape index (κ2) is 9.87. The molecular weight excluding hydrogens is 420 g/mol. The van der Waals surface area contributed by atoms with Gasteiger partial charge in [-0.15, -0.1) is 0 Å². The molecule has 0 spiro atoms. The lowest BCUT2D eigenvalue weighted by Crippen LogP contribution is -2.32. The van der Waals surface area contributed by atoms with Gasteiger partial charge in [0.2, 0.25) is 5.95 Å². The SMILES string of the molecule is CCN(CC)C(=O)c1c(C)nc(N)nc1-c1ccc(OCCC(C)C)c(Br)c1. The van der Waals surface area contributed by atoms with E-state index in [0.29, 0.717) is 42.6 Å². The minimum absolute atomic E-state index is 0.0918. The maximum absolute atomic E-state index is 13.1. The van der Waals surface area contributed by atoms with Gasteiger partial charge in [-0.3, -0.25) is 4.79 Å². The molecule has 0 bridgehead atoms. The summed E-state index contributed by atoms with van der Waals surface area (Å²) in [6.45, 7) is 11.9. The molecule has 2 rings (SSSR count). The largest absolute Gasteiger partial charge is 0.492 e. The minimum Gasteiger partial charge on any atom is -0.492 e. The van der Waals surface area contributed by atoms with Gasteiger partial charge >= 0.3 is 0 Å². The number of nitrogen functional groups attached to an aromatic ring is 1. The number of hydrogen-bond acceptors (Lipinski definition) is 5. The van der Waals surface area contributed by atoms with Crippen LogP contribution in [0.4, 0.5) is 5.95 Å². The highest BCUT2D eigenvalue weighted by Gasteiger charge is 2.23. The quantitative estimate of drug-likeness (QED) is 0.632. The van der Waals surface area contributed by atoms with Crippen molar-refractivity contribution in [3.8, 4) is 17.0 Å². The number of nitrogens with zero attached hydrogens (tertiary/aromatic N) is 3. The molecule has 0 saturated heterocycles. The lowest BCUT2D eigenvalue weighted by molar-refractivity contribution is 0.0772. The molecule has 0 atom stereocenters. The Balaban J connectivity index is 2.44. The molecule has 28 heavy (non-hydrogen) atoms. The molecule has 0 saturated carbocycles. The summed E-state index contributed by atoms with van der Waals surface area (Å²) in [7, 11) is 0. The molecule has 0 aliphatic rings. The van der Waals surface area contributed by atoms with Gasteiger partial charge in [-0.05, 0) is 67.2 Å². The number of benzene rings is 1. The van der Waals surface area contributed by atoms with Crippen molar-refractivity contribution in [2.24, 2.45) is 5.92 Å². The van der Waals surface area contributed by atoms with Crippen molar-refractivity contribution in [3.05, 3.63) is 33.9 Å². The topological polar surface area (TPSA) is 81.3 Å². The Hall–Kier alpha value is -2.15. The Kier molecular flexibility index (Phi) is 7.80. The van der Waals surface area contributed by atoms with Gasteiger partial charge < -0.3 is 15.4 Å². The molecule has 152 valence electrons. The average Bonchev–Trinajstić information content (AvgIpc) is 2.63. The molecule has 1 aromatic heterocycles. The van der Waals surface area contributed by atoms with Crippen molar-refractivity contribution in [2.75, 3.05) is 25.4 Å². The second-order valence-electron chi connectivity index (χ2n) is 7.04. The lowest BCUT2D eigenvalue weighted by atomic mass is 10.0. The number of amides is 1. The standard InChI is InChI=1S/C21H29BrN4O2/c1-6-26(7-2)20(27)18-14(5)24-21(23)25-19(18)15-8-9-17(16(22)12-15)28-11-10-13(3)4/h8-9,12-13H,6-7,10-11H2,1-5H3,(H2,23,24,25). The van der Waals surface area contributed by atoms with Crippen LogP contribution in [0.2, 0.25) is 0 Å². The van der Waals surface area contributed by atoms with Crippen LogP contribution in [0.5, 0.6) is 5.75 Å². The van der Waals surface area contributed by atoms with E-state index in [0.717, 1.165) is 22.2 Å². The Labute approximate surface area is 175 Å². The Morgan fingerprint density at radius 2 is 1.93 bits per heavy atom. The molecule has 0 aliphatic heterocycles. The lowest BCUT2D eigenvalue weighted by Gasteiger charge is -2.21. The van der Waals surface area contributed by atoms with Gasteiger partial charge in [0.15, 0.2) is 0 Å². The predicted octanol–water partition coefficient (Wildman–Crippen LogP) is 4.70. The van der Waals surface area contributed by atoms with Crippen LogP contribution in [0.25, 0.3) is 11.3 Å². The number of anilines is 1. The van der Waals surface area contributed by atoms with Gasteiger partial charge in [0.1, 0.15) is 5.75 Å². The van der Waals surface area contributed by atoms with Gasteiger partial charge in [-0.2, -0.15) is 0 Å². The van der Waals surface area contributed by atoms with Crippen LogP contribution in [0.3, 0.4) is 0 Å². The molecule has 2 N–H and O–H groups in total. The van der Waals surface area contributed by atoms with E-state index in [-0.39, 0.29) is 11.9 Å². The highest BCUT2D eigenvalue weighted by Crippen LogP contribution is 2.33. The van der Waals surface area contributed by atoms with E-state index < -0.39 is 0 Å². The Morgan fingerprint density at radius 1 is 1.25 bits per heavy atom. The van der Waals surface area contributed by atoms with Crippen molar-refractivity contribution in [2.45, 2.75) is 41.0 Å². The van der Waals surface area contributed by atoms with E-state index >= 15 is 0 Å². The molecule has 0 radical (unpaired) electrons. The van der Waals surface area contributed by atoms with E-state index in [1.807, 2.05) is 32.0 Å². The first-order valence-electron chi connectivity index (χ1n) is 9.64. The van der Waals surface area contributed by atoms with Crippen LogP contribution in [0.1, 0.15) is 50.2 Å². The van der Waals surface area contributed by atoms with Crippen molar-refractivity contribution in [1.82, 2.24) is 14.9 Å². The number of ether oxygens (including phenoxy) is 1. The van der Waals surface area contributed by atoms with Crippen LogP contribution in [-0.2, 0) is 0 Å². The van der Waals surface area contributed by atoms with Crippen LogP contribution in [0, 0.1) is 12.8 Å². The molecule has 0 fully saturated rings. The molecule has 1 aromatic carbocycles. The molecule has 1 amide bonds. The molecular formula is C21H29BrN4O2. The van der Waals surface area contributed by atoms with Gasteiger partial charge in [0, 0.05) is 18.7 Å². The molecule has 1 heterocycles. The Morgan fingerprint density at radius 3 is 2.50 bits per heavy atom. The number of aromatic nitrogens is 2. The molecule has 6 nitrogen and oxygen atoms in total. The van der Waals surface area contributed by atoms with Gasteiger partial charge in [-0.25, -0.2) is 9.97 Å². The zero-order chi connectivity index (χ0) is 20.8. The average molecular weight is 449 g/mol. The number of hydrogen-bond donors (Lipinski definition) is 1. The number of halogens is 1. The fraction of sp³-hybridized carbons (Fsp3) is 0.476. The van der Waals surface area contributed by atoms with Crippen LogP contribution < -0.4 is 10.5 Å². The third-order valence-electron chi connectivity index (χ3n) is 4.53. The van der Waals surface area contributed by atoms with E-state index in [4.69, 9.17) is 10.5 Å². The summed E-state index contributed by atoms with van der Waals surface area (Å²) in [6, 6.07) is 5.69. The Bertz CT molecular complexity index is 835. The first kappa shape index (κ1) is 22.1. The van der Waals surface area contributed by atoms with E-state index in [2.05, 4.69) is 39.7 Å². The summed E-state index contributed by atoms with van der Waals surface area (Å²) in [5, 5.41) is 0. The van der Waals surface area contributed by atoms with E-state index in [1.54, 1.807) is 11.8 Å². The number of carbonyl (C=O) groups is 1. The van der Waals surface area contributed by atoms with Crippen molar-refractivity contribution in [3.63, 3.8) is 0 Å². The highest BCUT2D eigenvalue weighted by molar-refractivity contribution is 9.10. The summed E-state index contributed by atoms with van der Waals surface area (Å²) in [5.41, 5.74) is 8.27. The van der Waals surface area contributed by atoms with Crippen molar-refractivity contribution >= 4 is 27.8 Å². The molecule has 0 unspecified atom stereocenters. The third-order valence-corrected chi connectivity index (χ3v) is 5.15. The van der Waals surface area contributed by atoms with Gasteiger partial charge in [0.05, 0.1) is 28.0 Å². The summed E-state index contributed by atoms with van der Waals surface area (Å²) in [6.07, 6.45) is 0.984. The summed E-state index contributed by atoms with van der Waals surface area (Å²) in [4.78, 5) is 23.4. The summed E-state index contributed by atoms with van der Waals surface area (Å²) < 4.78 is 6.67. The molecule has 7 heteroatoms. The van der Waals surface area contributed by atoms with Crippen molar-refractivity contribution < 1.29 is 9.53 Å².